The Morgan fingerprint density at radius 2 is 2.40 bits per heavy atom. The van der Waals surface area contributed by atoms with Crippen LogP contribution in [-0.2, 0) is 11.3 Å². The van der Waals surface area contributed by atoms with Crippen molar-refractivity contribution in [2.75, 3.05) is 19.7 Å². The van der Waals surface area contributed by atoms with E-state index in [-0.39, 0.29) is 11.0 Å². The molecule has 1 saturated heterocycles. The third-order valence-corrected chi connectivity index (χ3v) is 3.76. The molecule has 0 amide bonds. The Morgan fingerprint density at radius 3 is 2.93 bits per heavy atom. The molecule has 2 heterocycles. The van der Waals surface area contributed by atoms with Crippen molar-refractivity contribution in [1.29, 1.82) is 0 Å². The van der Waals surface area contributed by atoms with Crippen LogP contribution in [0.2, 0.25) is 0 Å². The average molecular weight is 228 g/mol. The number of rotatable bonds is 2. The Morgan fingerprint density at radius 1 is 1.60 bits per heavy atom. The van der Waals surface area contributed by atoms with Crippen LogP contribution in [0, 0.1) is 13.8 Å². The maximum atomic E-state index is 11.6. The number of ether oxygens (including phenoxy) is 1. The van der Waals surface area contributed by atoms with Crippen LogP contribution < -0.4 is 10.2 Å². The molecular formula is C10H16N2O2S. The lowest BCUT2D eigenvalue weighted by molar-refractivity contribution is 0.0176. The minimum absolute atomic E-state index is 0.124. The van der Waals surface area contributed by atoms with Crippen molar-refractivity contribution in [3.8, 4) is 0 Å². The van der Waals surface area contributed by atoms with Crippen LogP contribution in [0.3, 0.4) is 0 Å². The minimum Gasteiger partial charge on any atom is -0.374 e. The molecule has 1 aliphatic rings. The monoisotopic (exact) mass is 228 g/mol. The highest BCUT2D eigenvalue weighted by atomic mass is 32.1. The summed E-state index contributed by atoms with van der Waals surface area (Å²) in [6, 6.07) is 0. The molecule has 1 unspecified atom stereocenters. The molecule has 4 nitrogen and oxygen atoms in total. The van der Waals surface area contributed by atoms with Crippen molar-refractivity contribution in [2.45, 2.75) is 26.5 Å². The number of aryl methyl sites for hydroxylation is 1. The zero-order valence-electron chi connectivity index (χ0n) is 9.08. The van der Waals surface area contributed by atoms with Crippen molar-refractivity contribution < 1.29 is 4.74 Å². The van der Waals surface area contributed by atoms with Gasteiger partial charge in [0.2, 0.25) is 0 Å². The van der Waals surface area contributed by atoms with Crippen molar-refractivity contribution in [2.24, 2.45) is 0 Å². The fraction of sp³-hybridized carbons (Fsp3) is 0.700. The highest BCUT2D eigenvalue weighted by Crippen LogP contribution is 2.11. The lowest BCUT2D eigenvalue weighted by Gasteiger charge is -2.24. The molecule has 84 valence electrons. The summed E-state index contributed by atoms with van der Waals surface area (Å²) in [6.07, 6.45) is 0.129. The van der Waals surface area contributed by atoms with Gasteiger partial charge in [0.15, 0.2) is 0 Å². The largest absolute Gasteiger partial charge is 0.374 e. The lowest BCUT2D eigenvalue weighted by atomic mass is 10.3. The van der Waals surface area contributed by atoms with E-state index in [1.165, 1.54) is 11.3 Å². The quantitative estimate of drug-likeness (QED) is 0.802. The molecule has 2 rings (SSSR count). The summed E-state index contributed by atoms with van der Waals surface area (Å²) >= 11 is 1.32. The smallest absolute Gasteiger partial charge is 0.307 e. The van der Waals surface area contributed by atoms with E-state index in [0.29, 0.717) is 6.54 Å². The molecule has 15 heavy (non-hydrogen) atoms. The second kappa shape index (κ2) is 4.47. The minimum atomic E-state index is 0.124. The van der Waals surface area contributed by atoms with Gasteiger partial charge < -0.3 is 14.6 Å². The standard InChI is InChI=1S/C10H16N2O2S/c1-7-8(2)15-10(13)12(7)6-9-5-11-3-4-14-9/h9,11H,3-6H2,1-2H3. The molecule has 0 aromatic carbocycles. The first kappa shape index (κ1) is 10.9. The van der Waals surface area contributed by atoms with Gasteiger partial charge in [0.05, 0.1) is 19.3 Å². The fourth-order valence-electron chi connectivity index (χ4n) is 1.74. The van der Waals surface area contributed by atoms with E-state index in [1.54, 1.807) is 0 Å². The van der Waals surface area contributed by atoms with E-state index in [2.05, 4.69) is 5.32 Å². The van der Waals surface area contributed by atoms with E-state index < -0.39 is 0 Å². The molecule has 1 atom stereocenters. The molecular weight excluding hydrogens is 212 g/mol. The van der Waals surface area contributed by atoms with Gasteiger partial charge in [-0.1, -0.05) is 11.3 Å². The fourth-order valence-corrected chi connectivity index (χ4v) is 2.58. The maximum absolute atomic E-state index is 11.6. The van der Waals surface area contributed by atoms with Crippen LogP contribution in [0.25, 0.3) is 0 Å². The second-order valence-corrected chi connectivity index (χ2v) is 4.98. The number of hydrogen-bond donors (Lipinski definition) is 1. The predicted octanol–water partition coefficient (Wildman–Crippen LogP) is 0.515. The molecule has 1 aromatic rings. The van der Waals surface area contributed by atoms with Crippen LogP contribution in [-0.4, -0.2) is 30.4 Å². The van der Waals surface area contributed by atoms with Gasteiger partial charge in [-0.3, -0.25) is 4.79 Å². The van der Waals surface area contributed by atoms with E-state index in [1.807, 2.05) is 18.4 Å². The highest BCUT2D eigenvalue weighted by molar-refractivity contribution is 7.09. The number of hydrogen-bond acceptors (Lipinski definition) is 4. The number of morpholine rings is 1. The molecule has 0 saturated carbocycles. The Balaban J connectivity index is 2.12. The first-order chi connectivity index (χ1) is 7.18. The van der Waals surface area contributed by atoms with E-state index in [0.717, 1.165) is 30.3 Å². The van der Waals surface area contributed by atoms with E-state index >= 15 is 0 Å². The van der Waals surface area contributed by atoms with Crippen LogP contribution in [0.4, 0.5) is 0 Å². The Bertz CT molecular complexity index is 391. The predicted molar refractivity (Wildman–Crippen MR) is 60.7 cm³/mol. The summed E-state index contributed by atoms with van der Waals surface area (Å²) in [4.78, 5) is 12.9. The third kappa shape index (κ3) is 2.30. The normalized spacial score (nSPS) is 21.9. The summed E-state index contributed by atoms with van der Waals surface area (Å²) in [5.41, 5.74) is 1.07. The molecule has 0 radical (unpaired) electrons. The topological polar surface area (TPSA) is 43.3 Å². The Hall–Kier alpha value is -0.650. The summed E-state index contributed by atoms with van der Waals surface area (Å²) in [7, 11) is 0. The summed E-state index contributed by atoms with van der Waals surface area (Å²) in [5.74, 6) is 0. The summed E-state index contributed by atoms with van der Waals surface area (Å²) in [6.45, 7) is 7.12. The van der Waals surface area contributed by atoms with Gasteiger partial charge in [0.25, 0.3) is 0 Å². The first-order valence-electron chi connectivity index (χ1n) is 5.17. The van der Waals surface area contributed by atoms with E-state index in [9.17, 15) is 4.79 Å². The summed E-state index contributed by atoms with van der Waals surface area (Å²) in [5, 5.41) is 3.26. The number of aromatic nitrogens is 1. The van der Waals surface area contributed by atoms with Gasteiger partial charge in [-0.15, -0.1) is 0 Å². The van der Waals surface area contributed by atoms with Crippen molar-refractivity contribution in [1.82, 2.24) is 9.88 Å². The van der Waals surface area contributed by atoms with Crippen molar-refractivity contribution >= 4 is 11.3 Å². The van der Waals surface area contributed by atoms with Gasteiger partial charge in [-0.2, -0.15) is 0 Å². The summed E-state index contributed by atoms with van der Waals surface area (Å²) < 4.78 is 7.40. The molecule has 0 spiro atoms. The third-order valence-electron chi connectivity index (χ3n) is 2.77. The molecule has 1 N–H and O–H groups in total. The Kier molecular flexibility index (Phi) is 3.23. The number of nitrogens with one attached hydrogen (secondary N) is 1. The highest BCUT2D eigenvalue weighted by Gasteiger charge is 2.17. The lowest BCUT2D eigenvalue weighted by Crippen LogP contribution is -2.42. The molecule has 1 aromatic heterocycles. The molecule has 5 heteroatoms. The van der Waals surface area contributed by atoms with Gasteiger partial charge >= 0.3 is 4.87 Å². The molecule has 1 aliphatic heterocycles. The van der Waals surface area contributed by atoms with Crippen LogP contribution in [0.5, 0.6) is 0 Å². The molecule has 0 bridgehead atoms. The van der Waals surface area contributed by atoms with Crippen molar-refractivity contribution in [3.63, 3.8) is 0 Å². The van der Waals surface area contributed by atoms with Gasteiger partial charge in [0, 0.05) is 23.7 Å². The number of nitrogens with zero attached hydrogens (tertiary/aromatic N) is 1. The van der Waals surface area contributed by atoms with Gasteiger partial charge in [0.1, 0.15) is 0 Å². The zero-order valence-corrected chi connectivity index (χ0v) is 9.89. The maximum Gasteiger partial charge on any atom is 0.307 e. The molecule has 0 aliphatic carbocycles. The average Bonchev–Trinajstić information content (AvgIpc) is 2.47. The van der Waals surface area contributed by atoms with Crippen LogP contribution in [0.15, 0.2) is 4.79 Å². The number of thiazole rings is 1. The van der Waals surface area contributed by atoms with Crippen molar-refractivity contribution in [3.05, 3.63) is 20.2 Å². The van der Waals surface area contributed by atoms with Crippen LogP contribution >= 0.6 is 11.3 Å². The van der Waals surface area contributed by atoms with Gasteiger partial charge in [-0.25, -0.2) is 0 Å². The zero-order chi connectivity index (χ0) is 10.8. The molecule has 1 fully saturated rings. The van der Waals surface area contributed by atoms with Gasteiger partial charge in [-0.05, 0) is 13.8 Å². The Labute approximate surface area is 92.9 Å². The van der Waals surface area contributed by atoms with E-state index in [4.69, 9.17) is 4.74 Å². The first-order valence-corrected chi connectivity index (χ1v) is 5.99. The van der Waals surface area contributed by atoms with Crippen LogP contribution in [0.1, 0.15) is 10.6 Å². The second-order valence-electron chi connectivity index (χ2n) is 3.82. The SMILES string of the molecule is Cc1sc(=O)n(CC2CNCCO2)c1C.